The van der Waals surface area contributed by atoms with E-state index in [0.29, 0.717) is 19.6 Å². The van der Waals surface area contributed by atoms with Gasteiger partial charge in [-0.15, -0.1) is 12.4 Å². The molecular weight excluding hydrogens is 357 g/mol. The molecule has 2 aromatic carbocycles. The molecule has 0 radical (unpaired) electrons. The van der Waals surface area contributed by atoms with Gasteiger partial charge in [-0.3, -0.25) is 4.79 Å². The Morgan fingerprint density at radius 1 is 1.04 bits per heavy atom. The zero-order valence-electron chi connectivity index (χ0n) is 14.0. The topological polar surface area (TPSA) is 49.6 Å². The van der Waals surface area contributed by atoms with Crippen LogP contribution in [0, 0.1) is 0 Å². The second-order valence-electron chi connectivity index (χ2n) is 5.99. The maximum Gasteiger partial charge on any atom is 0.231 e. The minimum absolute atomic E-state index is 0. The van der Waals surface area contributed by atoms with Gasteiger partial charge in [0.15, 0.2) is 0 Å². The first-order valence-corrected chi connectivity index (χ1v) is 8.61. The summed E-state index contributed by atoms with van der Waals surface area (Å²) in [6.45, 7) is 3.34. The van der Waals surface area contributed by atoms with E-state index in [1.807, 2.05) is 53.4 Å². The molecule has 6 heteroatoms. The van der Waals surface area contributed by atoms with Crippen molar-refractivity contribution in [1.82, 2.24) is 4.90 Å². The number of halogens is 2. The standard InChI is InChI=1S/C19H22ClN3O.ClH/c20-16-7-4-8-17(13-16)22-9-11-23(12-10-22)19(24)18(14-21)15-5-2-1-3-6-15;/h1-8,13,18H,9-12,14,21H2;1H. The molecule has 4 nitrogen and oxygen atoms in total. The van der Waals surface area contributed by atoms with Crippen LogP contribution in [0.1, 0.15) is 11.5 Å². The van der Waals surface area contributed by atoms with Crippen LogP contribution in [0.2, 0.25) is 5.02 Å². The second-order valence-corrected chi connectivity index (χ2v) is 6.43. The predicted molar refractivity (Wildman–Crippen MR) is 106 cm³/mol. The highest BCUT2D eigenvalue weighted by molar-refractivity contribution is 6.30. The van der Waals surface area contributed by atoms with Gasteiger partial charge in [0.05, 0.1) is 5.92 Å². The predicted octanol–water partition coefficient (Wildman–Crippen LogP) is 3.15. The van der Waals surface area contributed by atoms with Crippen LogP contribution in [-0.4, -0.2) is 43.5 Å². The molecule has 1 heterocycles. The number of hydrogen-bond acceptors (Lipinski definition) is 3. The van der Waals surface area contributed by atoms with E-state index in [1.165, 1.54) is 0 Å². The molecule has 1 aliphatic heterocycles. The molecule has 2 N–H and O–H groups in total. The normalized spacial score (nSPS) is 15.4. The second kappa shape index (κ2) is 9.09. The highest BCUT2D eigenvalue weighted by atomic mass is 35.5. The van der Waals surface area contributed by atoms with Crippen molar-refractivity contribution in [1.29, 1.82) is 0 Å². The molecule has 1 fully saturated rings. The van der Waals surface area contributed by atoms with Crippen molar-refractivity contribution >= 4 is 35.6 Å². The lowest BCUT2D eigenvalue weighted by molar-refractivity contribution is -0.132. The average Bonchev–Trinajstić information content (AvgIpc) is 2.63. The summed E-state index contributed by atoms with van der Waals surface area (Å²) in [6.07, 6.45) is 0. The summed E-state index contributed by atoms with van der Waals surface area (Å²) >= 11 is 6.07. The Kier molecular flexibility index (Phi) is 7.12. The smallest absolute Gasteiger partial charge is 0.231 e. The summed E-state index contributed by atoms with van der Waals surface area (Å²) in [5.74, 6) is -0.140. The van der Waals surface area contributed by atoms with E-state index in [4.69, 9.17) is 17.3 Å². The van der Waals surface area contributed by atoms with Gasteiger partial charge in [0, 0.05) is 43.4 Å². The lowest BCUT2D eigenvalue weighted by Gasteiger charge is -2.37. The third-order valence-corrected chi connectivity index (χ3v) is 4.74. The number of benzene rings is 2. The fourth-order valence-corrected chi connectivity index (χ4v) is 3.33. The minimum Gasteiger partial charge on any atom is -0.368 e. The summed E-state index contributed by atoms with van der Waals surface area (Å²) in [7, 11) is 0. The molecule has 25 heavy (non-hydrogen) atoms. The molecule has 3 rings (SSSR count). The van der Waals surface area contributed by atoms with Gasteiger partial charge >= 0.3 is 0 Å². The molecule has 0 spiro atoms. The monoisotopic (exact) mass is 379 g/mol. The largest absolute Gasteiger partial charge is 0.368 e. The Labute approximate surface area is 160 Å². The highest BCUT2D eigenvalue weighted by Gasteiger charge is 2.27. The highest BCUT2D eigenvalue weighted by Crippen LogP contribution is 2.23. The molecule has 2 aromatic rings. The first-order valence-electron chi connectivity index (χ1n) is 8.23. The van der Waals surface area contributed by atoms with Crippen LogP contribution < -0.4 is 10.6 Å². The van der Waals surface area contributed by atoms with E-state index in [9.17, 15) is 4.79 Å². The molecule has 0 aliphatic carbocycles. The molecule has 0 aromatic heterocycles. The number of hydrogen-bond donors (Lipinski definition) is 1. The fraction of sp³-hybridized carbons (Fsp3) is 0.316. The quantitative estimate of drug-likeness (QED) is 0.887. The SMILES string of the molecule is Cl.NCC(C(=O)N1CCN(c2cccc(Cl)c2)CC1)c1ccccc1. The van der Waals surface area contributed by atoms with Crippen LogP contribution in [-0.2, 0) is 4.79 Å². The van der Waals surface area contributed by atoms with Crippen LogP contribution in [0.5, 0.6) is 0 Å². The van der Waals surface area contributed by atoms with Crippen LogP contribution in [0.3, 0.4) is 0 Å². The van der Waals surface area contributed by atoms with E-state index < -0.39 is 0 Å². The molecule has 1 unspecified atom stereocenters. The Morgan fingerprint density at radius 2 is 1.72 bits per heavy atom. The van der Waals surface area contributed by atoms with Gasteiger partial charge in [-0.2, -0.15) is 0 Å². The Hall–Kier alpha value is -1.75. The number of carbonyl (C=O) groups is 1. The summed E-state index contributed by atoms with van der Waals surface area (Å²) in [5, 5.41) is 0.735. The van der Waals surface area contributed by atoms with Crippen molar-refractivity contribution < 1.29 is 4.79 Å². The lowest BCUT2D eigenvalue weighted by atomic mass is 9.97. The van der Waals surface area contributed by atoms with Crippen molar-refractivity contribution in [3.05, 3.63) is 65.2 Å². The molecular formula is C19H23Cl2N3O. The van der Waals surface area contributed by atoms with Gasteiger partial charge in [-0.1, -0.05) is 48.0 Å². The van der Waals surface area contributed by atoms with Gasteiger partial charge in [0.25, 0.3) is 0 Å². The molecule has 1 aliphatic rings. The molecule has 0 bridgehead atoms. The number of piperazine rings is 1. The summed E-state index contributed by atoms with van der Waals surface area (Å²) in [5.41, 5.74) is 7.97. The number of carbonyl (C=O) groups excluding carboxylic acids is 1. The van der Waals surface area contributed by atoms with E-state index in [0.717, 1.165) is 29.4 Å². The van der Waals surface area contributed by atoms with Crippen LogP contribution in [0.4, 0.5) is 5.69 Å². The molecule has 1 amide bonds. The number of nitrogens with two attached hydrogens (primary N) is 1. The Morgan fingerprint density at radius 3 is 2.32 bits per heavy atom. The first-order chi connectivity index (χ1) is 11.7. The van der Waals surface area contributed by atoms with Crippen LogP contribution >= 0.6 is 24.0 Å². The van der Waals surface area contributed by atoms with E-state index in [1.54, 1.807) is 0 Å². The minimum atomic E-state index is -0.260. The zero-order valence-corrected chi connectivity index (χ0v) is 15.5. The van der Waals surface area contributed by atoms with Gasteiger partial charge in [-0.25, -0.2) is 0 Å². The first kappa shape index (κ1) is 19.6. The summed E-state index contributed by atoms with van der Waals surface area (Å²) in [6, 6.07) is 17.6. The third kappa shape index (κ3) is 4.66. The summed E-state index contributed by atoms with van der Waals surface area (Å²) in [4.78, 5) is 17.0. The van der Waals surface area contributed by atoms with E-state index in [2.05, 4.69) is 11.0 Å². The maximum atomic E-state index is 12.8. The van der Waals surface area contributed by atoms with Gasteiger partial charge < -0.3 is 15.5 Å². The fourth-order valence-electron chi connectivity index (χ4n) is 3.14. The van der Waals surface area contributed by atoms with Crippen molar-refractivity contribution in [3.63, 3.8) is 0 Å². The molecule has 1 saturated heterocycles. The zero-order chi connectivity index (χ0) is 16.9. The Balaban J connectivity index is 0.00000225. The maximum absolute atomic E-state index is 12.8. The van der Waals surface area contributed by atoms with Crippen molar-refractivity contribution in [2.24, 2.45) is 5.73 Å². The van der Waals surface area contributed by atoms with Gasteiger partial charge in [-0.05, 0) is 23.8 Å². The van der Waals surface area contributed by atoms with Gasteiger partial charge in [0.2, 0.25) is 5.91 Å². The average molecular weight is 380 g/mol. The van der Waals surface area contributed by atoms with E-state index >= 15 is 0 Å². The Bertz CT molecular complexity index is 688. The molecule has 1 atom stereocenters. The number of rotatable bonds is 4. The van der Waals surface area contributed by atoms with Crippen molar-refractivity contribution in [2.45, 2.75) is 5.92 Å². The van der Waals surface area contributed by atoms with Gasteiger partial charge in [0.1, 0.15) is 0 Å². The summed E-state index contributed by atoms with van der Waals surface area (Å²) < 4.78 is 0. The number of nitrogens with zero attached hydrogens (tertiary/aromatic N) is 2. The van der Waals surface area contributed by atoms with Crippen LogP contribution in [0.25, 0.3) is 0 Å². The molecule has 0 saturated carbocycles. The third-order valence-electron chi connectivity index (χ3n) is 4.50. The number of amides is 1. The van der Waals surface area contributed by atoms with Crippen molar-refractivity contribution in [3.8, 4) is 0 Å². The van der Waals surface area contributed by atoms with E-state index in [-0.39, 0.29) is 24.2 Å². The van der Waals surface area contributed by atoms with Crippen molar-refractivity contribution in [2.75, 3.05) is 37.6 Å². The van der Waals surface area contributed by atoms with Crippen LogP contribution in [0.15, 0.2) is 54.6 Å². The molecule has 134 valence electrons. The lowest BCUT2D eigenvalue weighted by Crippen LogP contribution is -2.50. The number of anilines is 1.